The van der Waals surface area contributed by atoms with Gasteiger partial charge in [-0.05, 0) is 75.6 Å². The first-order valence-electron chi connectivity index (χ1n) is 23.3. The minimum Gasteiger partial charge on any atom is -0.481 e. The topological polar surface area (TPSA) is 122 Å². The van der Waals surface area contributed by atoms with Crippen molar-refractivity contribution in [3.8, 4) is 0 Å². The van der Waals surface area contributed by atoms with Crippen LogP contribution in [0.25, 0.3) is 0 Å². The fraction of sp³-hybridized carbons (Fsp3) is 0.462. The van der Waals surface area contributed by atoms with Crippen LogP contribution in [0.15, 0.2) is 142 Å². The minimum atomic E-state index is -1.44. The molecule has 4 aliphatic carbocycles. The Labute approximate surface area is 418 Å². The SMILES string of the molecule is O=C(O)C1CCCN(C2(C3(Cl)C(C=CC(=O)N4CC=CCC4)=CC=C(SC4=CC=C(C=CC(=O)N5CC=CCC5)C(Cl)(C5(N6CCCC(C(=O)O)C6)C=CC=CC5)C4Cl)C3Cl)C=CC=CC2)C1. The maximum atomic E-state index is 13.6. The number of carbonyl (C=O) groups excluding carboxylic acids is 2. The maximum Gasteiger partial charge on any atom is 0.307 e. The van der Waals surface area contributed by atoms with E-state index in [2.05, 4.69) is 22.0 Å². The highest BCUT2D eigenvalue weighted by Gasteiger charge is 2.62. The van der Waals surface area contributed by atoms with Crippen molar-refractivity contribution in [2.75, 3.05) is 52.4 Å². The van der Waals surface area contributed by atoms with Crippen LogP contribution in [0.5, 0.6) is 0 Å². The molecule has 4 heterocycles. The molecule has 15 heteroatoms. The Balaban J connectivity index is 1.21. The number of hydrogen-bond acceptors (Lipinski definition) is 7. The lowest BCUT2D eigenvalue weighted by Crippen LogP contribution is -2.67. The molecule has 0 aromatic heterocycles. The van der Waals surface area contributed by atoms with E-state index in [0.29, 0.717) is 98.7 Å². The van der Waals surface area contributed by atoms with Crippen molar-refractivity contribution in [2.45, 2.75) is 82.9 Å². The fourth-order valence-electron chi connectivity index (χ4n) is 11.0. The molecular formula is C52H58Cl4N4O6S. The average molecular weight is 1010 g/mol. The maximum absolute atomic E-state index is 13.6. The van der Waals surface area contributed by atoms with Crippen LogP contribution in [0.1, 0.15) is 51.4 Å². The summed E-state index contributed by atoms with van der Waals surface area (Å²) in [6, 6.07) is 0. The van der Waals surface area contributed by atoms with E-state index in [-0.39, 0.29) is 24.9 Å². The van der Waals surface area contributed by atoms with Crippen LogP contribution in [-0.2, 0) is 19.2 Å². The predicted molar refractivity (Wildman–Crippen MR) is 270 cm³/mol. The number of rotatable bonds is 12. The number of thioether (sulfide) groups is 1. The van der Waals surface area contributed by atoms with Crippen molar-refractivity contribution in [3.63, 3.8) is 0 Å². The number of carboxylic acid groups (broad SMARTS) is 2. The lowest BCUT2D eigenvalue weighted by atomic mass is 9.68. The Bertz CT molecular complexity index is 2210. The molecule has 2 fully saturated rings. The van der Waals surface area contributed by atoms with Crippen LogP contribution in [0, 0.1) is 11.8 Å². The van der Waals surface area contributed by atoms with Gasteiger partial charge in [-0.1, -0.05) is 121 Å². The quantitative estimate of drug-likeness (QED) is 0.112. The van der Waals surface area contributed by atoms with Gasteiger partial charge >= 0.3 is 11.9 Å². The van der Waals surface area contributed by atoms with Crippen LogP contribution < -0.4 is 0 Å². The Kier molecular flexibility index (Phi) is 15.6. The first-order chi connectivity index (χ1) is 32.2. The van der Waals surface area contributed by atoms with Gasteiger partial charge in [0.1, 0.15) is 9.75 Å². The zero-order chi connectivity index (χ0) is 47.4. The number of amides is 2. The Hall–Kier alpha value is -3.81. The number of hydrogen-bond donors (Lipinski definition) is 2. The van der Waals surface area contributed by atoms with Crippen LogP contribution in [-0.4, -0.2) is 138 Å². The summed E-state index contributed by atoms with van der Waals surface area (Å²) in [6.07, 6.45) is 43.1. The summed E-state index contributed by atoms with van der Waals surface area (Å²) in [6.45, 7) is 3.93. The van der Waals surface area contributed by atoms with Crippen molar-refractivity contribution in [3.05, 3.63) is 142 Å². The molecule has 0 saturated carbocycles. The number of carboxylic acids is 2. The molecule has 8 aliphatic rings. The number of aliphatic carboxylic acids is 2. The number of alkyl halides is 4. The molecule has 10 nitrogen and oxygen atoms in total. The Morgan fingerprint density at radius 1 is 0.597 bits per heavy atom. The number of carbonyl (C=O) groups is 4. The molecule has 0 aromatic carbocycles. The third kappa shape index (κ3) is 9.48. The molecular weight excluding hydrogens is 950 g/mol. The smallest absolute Gasteiger partial charge is 0.307 e. The van der Waals surface area contributed by atoms with Gasteiger partial charge in [0.15, 0.2) is 0 Å². The molecule has 0 spiro atoms. The summed E-state index contributed by atoms with van der Waals surface area (Å²) < 4.78 is 0. The molecule has 2 N–H and O–H groups in total. The van der Waals surface area contributed by atoms with Crippen LogP contribution in [0.3, 0.4) is 0 Å². The molecule has 2 amide bonds. The standard InChI is InChI=1S/C52H58Cl4N4O6S/c53-45-41(21-17-39(19-23-43(61)57-29-9-3-10-30-57)51(45,55)49(25-5-1-6-26-49)59-33-13-15-37(35-59)47(63)64)67-42-22-18-40(20-24-44(62)58-31-11-4-12-32-58)52(56,46(42)54)50(27-7-2-8-28-50)60-34-14-16-38(36-60)48(65)66/h1-9,11,17-25,27,37-38,45-46H,10,12-16,26,28-36H2,(H,63,64)(H,65,66). The van der Waals surface area contributed by atoms with Gasteiger partial charge < -0.3 is 20.0 Å². The van der Waals surface area contributed by atoms with Gasteiger partial charge in [0.05, 0.1) is 33.7 Å². The van der Waals surface area contributed by atoms with E-state index in [9.17, 15) is 29.4 Å². The van der Waals surface area contributed by atoms with Crippen molar-refractivity contribution in [1.29, 1.82) is 0 Å². The largest absolute Gasteiger partial charge is 0.481 e. The summed E-state index contributed by atoms with van der Waals surface area (Å²) in [7, 11) is 0. The molecule has 8 unspecified atom stereocenters. The van der Waals surface area contributed by atoms with Crippen LogP contribution in [0.2, 0.25) is 0 Å². The van der Waals surface area contributed by atoms with Gasteiger partial charge in [-0.3, -0.25) is 29.0 Å². The summed E-state index contributed by atoms with van der Waals surface area (Å²) in [5, 5.41) is 18.6. The number of nitrogens with zero attached hydrogens (tertiary/aromatic N) is 4. The highest BCUT2D eigenvalue weighted by Crippen LogP contribution is 2.59. The number of allylic oxidation sites excluding steroid dienone is 12. The molecule has 0 radical (unpaired) electrons. The molecule has 8 rings (SSSR count). The van der Waals surface area contributed by atoms with Gasteiger partial charge in [0.2, 0.25) is 11.8 Å². The highest BCUT2D eigenvalue weighted by molar-refractivity contribution is 8.07. The third-order valence-corrected chi connectivity index (χ3v) is 19.1. The summed E-state index contributed by atoms with van der Waals surface area (Å²) in [4.78, 5) is 58.6. The first-order valence-corrected chi connectivity index (χ1v) is 25.8. The van der Waals surface area contributed by atoms with E-state index in [1.54, 1.807) is 34.1 Å². The van der Waals surface area contributed by atoms with Gasteiger partial charge in [0.25, 0.3) is 0 Å². The second-order valence-electron chi connectivity index (χ2n) is 18.5. The van der Waals surface area contributed by atoms with Gasteiger partial charge in [-0.25, -0.2) is 0 Å². The van der Waals surface area contributed by atoms with Crippen LogP contribution >= 0.6 is 58.2 Å². The van der Waals surface area contributed by atoms with Crippen molar-refractivity contribution in [1.82, 2.24) is 19.6 Å². The van der Waals surface area contributed by atoms with E-state index >= 15 is 0 Å². The monoisotopic (exact) mass is 1010 g/mol. The van der Waals surface area contributed by atoms with Gasteiger partial charge in [0, 0.05) is 61.2 Å². The molecule has 8 atom stereocenters. The van der Waals surface area contributed by atoms with Gasteiger partial charge in [-0.2, -0.15) is 0 Å². The Morgan fingerprint density at radius 2 is 1.03 bits per heavy atom. The van der Waals surface area contributed by atoms with E-state index in [1.165, 1.54) is 11.8 Å². The second kappa shape index (κ2) is 21.0. The molecule has 0 aromatic rings. The van der Waals surface area contributed by atoms with E-state index in [1.807, 2.05) is 85.1 Å². The zero-order valence-corrected chi connectivity index (χ0v) is 41.2. The highest BCUT2D eigenvalue weighted by atomic mass is 35.5. The lowest BCUT2D eigenvalue weighted by molar-refractivity contribution is -0.145. The normalized spacial score (nSPS) is 34.9. The average Bonchev–Trinajstić information content (AvgIpc) is 3.36. The minimum absolute atomic E-state index is 0.151. The number of likely N-dealkylation sites (tertiary alicyclic amines) is 2. The Morgan fingerprint density at radius 3 is 1.39 bits per heavy atom. The molecule has 0 bridgehead atoms. The van der Waals surface area contributed by atoms with Gasteiger partial charge in [-0.15, -0.1) is 46.4 Å². The third-order valence-electron chi connectivity index (χ3n) is 14.7. The molecule has 356 valence electrons. The molecule has 4 aliphatic heterocycles. The summed E-state index contributed by atoms with van der Waals surface area (Å²) in [5.74, 6) is -3.23. The molecule has 2 saturated heterocycles. The molecule has 67 heavy (non-hydrogen) atoms. The fourth-order valence-corrected chi connectivity index (χ4v) is 14.3. The van der Waals surface area contributed by atoms with E-state index < -0.39 is 55.4 Å². The summed E-state index contributed by atoms with van der Waals surface area (Å²) in [5.41, 5.74) is -0.801. The predicted octanol–water partition coefficient (Wildman–Crippen LogP) is 9.33. The van der Waals surface area contributed by atoms with E-state index in [4.69, 9.17) is 46.4 Å². The first kappa shape index (κ1) is 49.6. The van der Waals surface area contributed by atoms with Crippen molar-refractivity contribution >= 4 is 81.9 Å². The second-order valence-corrected chi connectivity index (χ2v) is 21.7. The zero-order valence-electron chi connectivity index (χ0n) is 37.4. The number of halogens is 4. The number of piperidine rings is 2. The van der Waals surface area contributed by atoms with E-state index in [0.717, 1.165) is 12.8 Å². The summed E-state index contributed by atoms with van der Waals surface area (Å²) >= 11 is 33.7. The van der Waals surface area contributed by atoms with Crippen molar-refractivity contribution < 1.29 is 29.4 Å². The van der Waals surface area contributed by atoms with Crippen LogP contribution in [0.4, 0.5) is 0 Å². The van der Waals surface area contributed by atoms with Crippen molar-refractivity contribution in [2.24, 2.45) is 11.8 Å². The lowest BCUT2D eigenvalue weighted by Gasteiger charge is -2.57.